The molecule has 2 atom stereocenters. The van der Waals surface area contributed by atoms with Crippen LogP contribution in [-0.2, 0) is 22.7 Å². The first-order valence-electron chi connectivity index (χ1n) is 14.3. The van der Waals surface area contributed by atoms with E-state index in [9.17, 15) is 14.4 Å². The number of hydrogen-bond acceptors (Lipinski definition) is 6. The molecule has 0 saturated heterocycles. The number of aromatic nitrogens is 1. The molecule has 9 nitrogen and oxygen atoms in total. The molecule has 0 saturated carbocycles. The van der Waals surface area contributed by atoms with Crippen LogP contribution in [0.2, 0.25) is 0 Å². The number of nitrogens with zero attached hydrogens (tertiary/aromatic N) is 1. The first-order chi connectivity index (χ1) is 21.0. The molecule has 222 valence electrons. The van der Waals surface area contributed by atoms with Gasteiger partial charge in [0.25, 0.3) is 5.91 Å². The summed E-state index contributed by atoms with van der Waals surface area (Å²) in [6.07, 6.45) is 3.23. The van der Waals surface area contributed by atoms with Crippen molar-refractivity contribution in [3.05, 3.63) is 131 Å². The molecule has 3 amide bonds. The van der Waals surface area contributed by atoms with Gasteiger partial charge in [-0.3, -0.25) is 19.4 Å². The SMILES string of the molecule is CCOc1ccc([C@@H](CNC(=O)c2ccccc2)C(=O)NC[C@H](C(=O)NCc2ccc(CN)cc2)c2ccncc2)cc1. The third-order valence-electron chi connectivity index (χ3n) is 7.04. The van der Waals surface area contributed by atoms with Crippen molar-refractivity contribution in [1.82, 2.24) is 20.9 Å². The number of pyridine rings is 1. The number of carbonyl (C=O) groups excluding carboxylic acids is 3. The summed E-state index contributed by atoms with van der Waals surface area (Å²) in [5.41, 5.74) is 9.56. The predicted molar refractivity (Wildman–Crippen MR) is 165 cm³/mol. The zero-order chi connectivity index (χ0) is 30.4. The normalized spacial score (nSPS) is 12.0. The van der Waals surface area contributed by atoms with Gasteiger partial charge in [0.15, 0.2) is 0 Å². The molecule has 1 aromatic heterocycles. The van der Waals surface area contributed by atoms with Crippen LogP contribution in [-0.4, -0.2) is 42.4 Å². The molecule has 9 heteroatoms. The maximum Gasteiger partial charge on any atom is 0.251 e. The van der Waals surface area contributed by atoms with Crippen molar-refractivity contribution >= 4 is 17.7 Å². The molecule has 1 heterocycles. The molecule has 0 fully saturated rings. The first kappa shape index (κ1) is 30.9. The molecule has 0 spiro atoms. The van der Waals surface area contributed by atoms with Crippen LogP contribution in [0.5, 0.6) is 5.75 Å². The summed E-state index contributed by atoms with van der Waals surface area (Å²) in [6, 6.07) is 27.3. The fourth-order valence-corrected chi connectivity index (χ4v) is 4.60. The highest BCUT2D eigenvalue weighted by atomic mass is 16.5. The number of rotatable bonds is 14. The van der Waals surface area contributed by atoms with Gasteiger partial charge in [0.1, 0.15) is 5.75 Å². The average molecular weight is 580 g/mol. The Morgan fingerprint density at radius 1 is 0.721 bits per heavy atom. The van der Waals surface area contributed by atoms with Crippen LogP contribution in [0.1, 0.15) is 51.4 Å². The standard InChI is InChI=1S/C34H37N5O4/c1-2-43-29-14-12-26(13-15-29)30(22-38-32(40)28-6-4-3-5-7-28)34(42)39-23-31(27-16-18-36-19-17-27)33(41)37-21-25-10-8-24(20-35)9-11-25/h3-19,30-31H,2,20-23,35H2,1H3,(H,37,41)(H,38,40)(H,39,42)/t30-,31+/m1/s1. The monoisotopic (exact) mass is 579 g/mol. The molecular formula is C34H37N5O4. The Kier molecular flexibility index (Phi) is 11.4. The van der Waals surface area contributed by atoms with Gasteiger partial charge in [-0.1, -0.05) is 54.6 Å². The minimum absolute atomic E-state index is 0.0565. The van der Waals surface area contributed by atoms with E-state index >= 15 is 0 Å². The van der Waals surface area contributed by atoms with Gasteiger partial charge in [-0.2, -0.15) is 0 Å². The van der Waals surface area contributed by atoms with Gasteiger partial charge in [-0.25, -0.2) is 0 Å². The van der Waals surface area contributed by atoms with E-state index in [0.29, 0.717) is 36.6 Å². The Labute approximate surface area is 251 Å². The lowest BCUT2D eigenvalue weighted by atomic mass is 9.95. The quantitative estimate of drug-likeness (QED) is 0.180. The van der Waals surface area contributed by atoms with Crippen molar-refractivity contribution in [3.63, 3.8) is 0 Å². The molecule has 0 aliphatic heterocycles. The van der Waals surface area contributed by atoms with Crippen LogP contribution in [0.3, 0.4) is 0 Å². The zero-order valence-corrected chi connectivity index (χ0v) is 24.2. The van der Waals surface area contributed by atoms with E-state index in [4.69, 9.17) is 10.5 Å². The molecule has 0 bridgehead atoms. The van der Waals surface area contributed by atoms with Gasteiger partial charge in [-0.15, -0.1) is 0 Å². The minimum Gasteiger partial charge on any atom is -0.494 e. The number of amides is 3. The van der Waals surface area contributed by atoms with E-state index in [1.165, 1.54) is 0 Å². The lowest BCUT2D eigenvalue weighted by Gasteiger charge is -2.22. The van der Waals surface area contributed by atoms with Crippen molar-refractivity contribution in [2.75, 3.05) is 19.7 Å². The van der Waals surface area contributed by atoms with Gasteiger partial charge in [0.05, 0.1) is 18.4 Å². The molecule has 0 aliphatic rings. The number of benzene rings is 3. The van der Waals surface area contributed by atoms with Gasteiger partial charge >= 0.3 is 0 Å². The summed E-state index contributed by atoms with van der Waals surface area (Å²) in [5.74, 6) is -1.50. The van der Waals surface area contributed by atoms with E-state index in [1.54, 1.807) is 60.9 Å². The maximum absolute atomic E-state index is 13.7. The third-order valence-corrected chi connectivity index (χ3v) is 7.04. The summed E-state index contributed by atoms with van der Waals surface area (Å²) < 4.78 is 5.55. The zero-order valence-electron chi connectivity index (χ0n) is 24.2. The van der Waals surface area contributed by atoms with Crippen LogP contribution in [0.15, 0.2) is 103 Å². The third kappa shape index (κ3) is 8.98. The molecule has 43 heavy (non-hydrogen) atoms. The Hall–Kier alpha value is -5.02. The van der Waals surface area contributed by atoms with E-state index in [1.807, 2.05) is 49.4 Å². The highest BCUT2D eigenvalue weighted by molar-refractivity contribution is 5.95. The Bertz CT molecular complexity index is 1460. The second kappa shape index (κ2) is 15.8. The largest absolute Gasteiger partial charge is 0.494 e. The maximum atomic E-state index is 13.7. The van der Waals surface area contributed by atoms with Crippen LogP contribution in [0.25, 0.3) is 0 Å². The second-order valence-corrected chi connectivity index (χ2v) is 9.95. The summed E-state index contributed by atoms with van der Waals surface area (Å²) >= 11 is 0. The molecule has 0 radical (unpaired) electrons. The molecular weight excluding hydrogens is 542 g/mol. The van der Waals surface area contributed by atoms with Crippen LogP contribution in [0.4, 0.5) is 0 Å². The number of hydrogen-bond donors (Lipinski definition) is 4. The van der Waals surface area contributed by atoms with Crippen molar-refractivity contribution in [1.29, 1.82) is 0 Å². The molecule has 4 rings (SSSR count). The predicted octanol–water partition coefficient (Wildman–Crippen LogP) is 3.67. The lowest BCUT2D eigenvalue weighted by Crippen LogP contribution is -2.41. The van der Waals surface area contributed by atoms with Crippen LogP contribution >= 0.6 is 0 Å². The lowest BCUT2D eigenvalue weighted by molar-refractivity contribution is -0.124. The van der Waals surface area contributed by atoms with Crippen molar-refractivity contribution in [2.24, 2.45) is 5.73 Å². The highest BCUT2D eigenvalue weighted by Gasteiger charge is 2.26. The van der Waals surface area contributed by atoms with Crippen molar-refractivity contribution in [2.45, 2.75) is 31.8 Å². The molecule has 0 unspecified atom stereocenters. The topological polar surface area (TPSA) is 135 Å². The highest BCUT2D eigenvalue weighted by Crippen LogP contribution is 2.21. The molecule has 0 aliphatic carbocycles. The number of carbonyl (C=O) groups is 3. The number of nitrogens with two attached hydrogens (primary N) is 1. The van der Waals surface area contributed by atoms with Gasteiger partial charge in [-0.05, 0) is 65.6 Å². The van der Waals surface area contributed by atoms with Crippen LogP contribution in [0, 0.1) is 0 Å². The Balaban J connectivity index is 1.48. The van der Waals surface area contributed by atoms with Crippen LogP contribution < -0.4 is 26.4 Å². The van der Waals surface area contributed by atoms with Gasteiger partial charge < -0.3 is 26.4 Å². The number of nitrogens with one attached hydrogen (secondary N) is 3. The smallest absolute Gasteiger partial charge is 0.251 e. The fraction of sp³-hybridized carbons (Fsp3) is 0.235. The molecule has 3 aromatic carbocycles. The van der Waals surface area contributed by atoms with Gasteiger partial charge in [0, 0.05) is 44.1 Å². The summed E-state index contributed by atoms with van der Waals surface area (Å²) in [7, 11) is 0. The Morgan fingerprint density at radius 3 is 1.93 bits per heavy atom. The fourth-order valence-electron chi connectivity index (χ4n) is 4.60. The van der Waals surface area contributed by atoms with E-state index in [2.05, 4.69) is 20.9 Å². The summed E-state index contributed by atoms with van der Waals surface area (Å²) in [6.45, 7) is 3.33. The number of ether oxygens (including phenoxy) is 1. The first-order valence-corrected chi connectivity index (χ1v) is 14.3. The van der Waals surface area contributed by atoms with Crippen molar-refractivity contribution < 1.29 is 19.1 Å². The second-order valence-electron chi connectivity index (χ2n) is 9.95. The Morgan fingerprint density at radius 2 is 1.30 bits per heavy atom. The van der Waals surface area contributed by atoms with E-state index in [-0.39, 0.29) is 30.8 Å². The summed E-state index contributed by atoms with van der Waals surface area (Å²) in [4.78, 5) is 43.9. The van der Waals surface area contributed by atoms with Gasteiger partial charge in [0.2, 0.25) is 11.8 Å². The van der Waals surface area contributed by atoms with Crippen molar-refractivity contribution in [3.8, 4) is 5.75 Å². The molecule has 4 aromatic rings. The van der Waals surface area contributed by atoms with E-state index < -0.39 is 11.8 Å². The summed E-state index contributed by atoms with van der Waals surface area (Å²) in [5, 5.41) is 8.82. The average Bonchev–Trinajstić information content (AvgIpc) is 3.06. The minimum atomic E-state index is -0.703. The molecule has 5 N–H and O–H groups in total. The van der Waals surface area contributed by atoms with E-state index in [0.717, 1.165) is 16.7 Å².